The molecule has 12 heteroatoms. The van der Waals surface area contributed by atoms with Crippen molar-refractivity contribution in [2.75, 3.05) is 49.8 Å². The van der Waals surface area contributed by atoms with Gasteiger partial charge in [-0.1, -0.05) is 0 Å². The number of hydrogen-bond acceptors (Lipinski definition) is 9. The highest BCUT2D eigenvalue weighted by molar-refractivity contribution is 5.89. The van der Waals surface area contributed by atoms with Gasteiger partial charge < -0.3 is 23.8 Å². The smallest absolute Gasteiger partial charge is 0.411 e. The molecule has 1 N–H and O–H groups in total. The van der Waals surface area contributed by atoms with E-state index < -0.39 is 18.6 Å². The minimum atomic E-state index is -0.723. The van der Waals surface area contributed by atoms with Gasteiger partial charge in [0, 0.05) is 37.2 Å². The molecule has 11 nitrogen and oxygen atoms in total. The van der Waals surface area contributed by atoms with Crippen molar-refractivity contribution in [1.29, 1.82) is 0 Å². The second kappa shape index (κ2) is 10.6. The van der Waals surface area contributed by atoms with E-state index in [1.165, 1.54) is 0 Å². The van der Waals surface area contributed by atoms with E-state index >= 15 is 0 Å². The minimum absolute atomic E-state index is 0.189. The third-order valence-corrected chi connectivity index (χ3v) is 8.35. The van der Waals surface area contributed by atoms with Crippen LogP contribution < -0.4 is 10.2 Å². The van der Waals surface area contributed by atoms with Crippen molar-refractivity contribution in [2.45, 2.75) is 62.6 Å². The highest BCUT2D eigenvalue weighted by Crippen LogP contribution is 2.42. The predicted octanol–water partition coefficient (Wildman–Crippen LogP) is 4.24. The van der Waals surface area contributed by atoms with E-state index in [0.29, 0.717) is 24.7 Å². The van der Waals surface area contributed by atoms with Crippen molar-refractivity contribution >= 4 is 28.6 Å². The van der Waals surface area contributed by atoms with E-state index in [9.17, 15) is 9.18 Å². The number of fused-ring (bicyclic) bond motifs is 3. The van der Waals surface area contributed by atoms with Crippen LogP contribution in [0.4, 0.5) is 20.7 Å². The minimum Gasteiger partial charge on any atom is -0.447 e. The van der Waals surface area contributed by atoms with Crippen LogP contribution in [0.1, 0.15) is 44.6 Å². The maximum Gasteiger partial charge on any atom is 0.411 e. The highest BCUT2D eigenvalue weighted by atomic mass is 19.1. The number of hydrogen-bond donors (Lipinski definition) is 1. The molecule has 1 aromatic carbocycles. The predicted molar refractivity (Wildman–Crippen MR) is 144 cm³/mol. The summed E-state index contributed by atoms with van der Waals surface area (Å²) in [5.74, 6) is 1.02. The third kappa shape index (κ3) is 4.88. The van der Waals surface area contributed by atoms with E-state index in [-0.39, 0.29) is 24.9 Å². The van der Waals surface area contributed by atoms with Gasteiger partial charge in [0.15, 0.2) is 17.3 Å². The first-order valence-corrected chi connectivity index (χ1v) is 14.1. The van der Waals surface area contributed by atoms with Crippen molar-refractivity contribution < 1.29 is 28.1 Å². The van der Waals surface area contributed by atoms with Gasteiger partial charge in [-0.15, -0.1) is 0 Å². The van der Waals surface area contributed by atoms with E-state index in [1.54, 1.807) is 12.1 Å². The summed E-state index contributed by atoms with van der Waals surface area (Å²) < 4.78 is 37.1. The first-order valence-electron chi connectivity index (χ1n) is 14.1. The largest absolute Gasteiger partial charge is 0.447 e. The van der Waals surface area contributed by atoms with Crippen LogP contribution in [-0.4, -0.2) is 83.4 Å². The zero-order valence-corrected chi connectivity index (χ0v) is 22.3. The summed E-state index contributed by atoms with van der Waals surface area (Å²) in [6.07, 6.45) is 7.22. The summed E-state index contributed by atoms with van der Waals surface area (Å²) in [7, 11) is 0. The van der Waals surface area contributed by atoms with E-state index in [0.717, 1.165) is 74.0 Å². The molecular weight excluding hydrogens is 519 g/mol. The first kappa shape index (κ1) is 25.6. The van der Waals surface area contributed by atoms with Gasteiger partial charge in [-0.25, -0.2) is 23.8 Å². The first-order chi connectivity index (χ1) is 19.6. The molecule has 1 spiro atoms. The number of ether oxygens (including phenoxy) is 4. The number of anilines is 2. The van der Waals surface area contributed by atoms with Crippen molar-refractivity contribution in [3.8, 4) is 11.4 Å². The quantitative estimate of drug-likeness (QED) is 0.480. The lowest BCUT2D eigenvalue weighted by Gasteiger charge is -2.35. The maximum atomic E-state index is 12.3. The molecule has 5 heterocycles. The Bertz CT molecular complexity index is 1360. The average molecular weight is 553 g/mol. The molecule has 7 rings (SSSR count). The Hall–Kier alpha value is -3.35. The van der Waals surface area contributed by atoms with Gasteiger partial charge in [0.25, 0.3) is 0 Å². The van der Waals surface area contributed by atoms with Gasteiger partial charge in [0.05, 0.1) is 43.0 Å². The molecule has 2 unspecified atom stereocenters. The Labute approximate surface area is 230 Å². The normalized spacial score (nSPS) is 24.2. The van der Waals surface area contributed by atoms with Crippen LogP contribution in [0, 0.1) is 0 Å². The number of nitrogens with one attached hydrogen (secondary N) is 1. The van der Waals surface area contributed by atoms with Crippen LogP contribution >= 0.6 is 0 Å². The van der Waals surface area contributed by atoms with Crippen molar-refractivity contribution in [1.82, 2.24) is 19.7 Å². The lowest BCUT2D eigenvalue weighted by Crippen LogP contribution is -2.43. The van der Waals surface area contributed by atoms with Gasteiger partial charge in [-0.3, -0.25) is 5.32 Å². The molecule has 212 valence electrons. The SMILES string of the molecule is O=C(Nc1ccc(-c2nc(N3CC4CCC(C3)O4)c3cnn(C4CCC5(CC4)OCCO5)c3n2)cc1)OCCF. The van der Waals surface area contributed by atoms with Crippen LogP contribution in [0.5, 0.6) is 0 Å². The molecule has 2 aromatic heterocycles. The van der Waals surface area contributed by atoms with Crippen LogP contribution in [0.15, 0.2) is 30.5 Å². The van der Waals surface area contributed by atoms with Crippen LogP contribution in [0.3, 0.4) is 0 Å². The summed E-state index contributed by atoms with van der Waals surface area (Å²) in [4.78, 5) is 24.2. The molecule has 40 heavy (non-hydrogen) atoms. The molecule has 2 bridgehead atoms. The Morgan fingerprint density at radius 3 is 2.48 bits per heavy atom. The standard InChI is InChI=1S/C28H33FN6O5/c29-11-12-37-27(36)31-19-3-1-18(2-4-19)24-32-25(34-16-21-5-6-22(17-34)40-21)23-15-30-35(26(23)33-24)20-7-9-28(10-8-20)38-13-14-39-28/h1-4,15,20-22H,5-14,16-17H2,(H,31,36). The summed E-state index contributed by atoms with van der Waals surface area (Å²) in [6.45, 7) is 1.89. The number of morpholine rings is 1. The van der Waals surface area contributed by atoms with Gasteiger partial charge in [-0.05, 0) is 49.9 Å². The molecule has 4 fully saturated rings. The van der Waals surface area contributed by atoms with Crippen molar-refractivity contribution in [3.05, 3.63) is 30.5 Å². The Morgan fingerprint density at radius 2 is 1.77 bits per heavy atom. The third-order valence-electron chi connectivity index (χ3n) is 8.35. The highest BCUT2D eigenvalue weighted by Gasteiger charge is 2.41. The fourth-order valence-corrected chi connectivity index (χ4v) is 6.40. The summed E-state index contributed by atoms with van der Waals surface area (Å²) in [5, 5.41) is 8.38. The molecule has 3 saturated heterocycles. The number of benzene rings is 1. The van der Waals surface area contributed by atoms with Crippen LogP contribution in [0.25, 0.3) is 22.4 Å². The van der Waals surface area contributed by atoms with Crippen molar-refractivity contribution in [3.63, 3.8) is 0 Å². The number of amides is 1. The Morgan fingerprint density at radius 1 is 1.05 bits per heavy atom. The Balaban J connectivity index is 1.21. The second-order valence-corrected chi connectivity index (χ2v) is 10.9. The average Bonchev–Trinajstić information content (AvgIpc) is 3.71. The van der Waals surface area contributed by atoms with E-state index in [4.69, 9.17) is 34.0 Å². The van der Waals surface area contributed by atoms with Gasteiger partial charge in [-0.2, -0.15) is 5.10 Å². The summed E-state index contributed by atoms with van der Waals surface area (Å²) in [5.41, 5.74) is 2.16. The molecule has 3 aliphatic heterocycles. The second-order valence-electron chi connectivity index (χ2n) is 10.9. The lowest BCUT2D eigenvalue weighted by molar-refractivity contribution is -0.181. The number of rotatable bonds is 6. The van der Waals surface area contributed by atoms with E-state index in [1.807, 2.05) is 18.3 Å². The van der Waals surface area contributed by atoms with Gasteiger partial charge >= 0.3 is 6.09 Å². The number of alkyl halides is 1. The Kier molecular flexibility index (Phi) is 6.76. The molecule has 1 aliphatic carbocycles. The molecule has 2 atom stereocenters. The monoisotopic (exact) mass is 552 g/mol. The molecule has 4 aliphatic rings. The molecule has 3 aromatic rings. The van der Waals surface area contributed by atoms with Crippen LogP contribution in [-0.2, 0) is 18.9 Å². The number of nitrogens with zero attached hydrogens (tertiary/aromatic N) is 5. The summed E-state index contributed by atoms with van der Waals surface area (Å²) in [6, 6.07) is 7.42. The van der Waals surface area contributed by atoms with Crippen molar-refractivity contribution in [2.24, 2.45) is 0 Å². The fraction of sp³-hybridized carbons (Fsp3) is 0.571. The number of aromatic nitrogens is 4. The molecule has 1 amide bonds. The lowest BCUT2D eigenvalue weighted by atomic mass is 9.90. The fourth-order valence-electron chi connectivity index (χ4n) is 6.40. The van der Waals surface area contributed by atoms with Gasteiger partial charge in [0.1, 0.15) is 19.1 Å². The van der Waals surface area contributed by atoms with E-state index in [2.05, 4.69) is 14.9 Å². The number of halogens is 1. The summed E-state index contributed by atoms with van der Waals surface area (Å²) >= 11 is 0. The molecule has 0 radical (unpaired) electrons. The van der Waals surface area contributed by atoms with Crippen LogP contribution in [0.2, 0.25) is 0 Å². The molecular formula is C28H33FN6O5. The topological polar surface area (TPSA) is 113 Å². The number of carbonyl (C=O) groups is 1. The zero-order chi connectivity index (χ0) is 27.1. The zero-order valence-electron chi connectivity index (χ0n) is 22.3. The van der Waals surface area contributed by atoms with Gasteiger partial charge in [0.2, 0.25) is 0 Å². The number of carbonyl (C=O) groups excluding carboxylic acids is 1. The maximum absolute atomic E-state index is 12.3. The molecule has 1 saturated carbocycles.